The van der Waals surface area contributed by atoms with Gasteiger partial charge in [0.25, 0.3) is 5.91 Å². The average Bonchev–Trinajstić information content (AvgIpc) is 2.47. The van der Waals surface area contributed by atoms with E-state index in [0.29, 0.717) is 0 Å². The zero-order valence-electron chi connectivity index (χ0n) is 11.9. The van der Waals surface area contributed by atoms with Crippen molar-refractivity contribution in [3.8, 4) is 0 Å². The summed E-state index contributed by atoms with van der Waals surface area (Å²) >= 11 is 0. The van der Waals surface area contributed by atoms with Gasteiger partial charge in [-0.1, -0.05) is 12.1 Å². The Morgan fingerprint density at radius 1 is 1.04 bits per heavy atom. The topological polar surface area (TPSA) is 63.2 Å². The highest BCUT2D eigenvalue weighted by atomic mass is 32.2. The van der Waals surface area contributed by atoms with E-state index in [9.17, 15) is 26.4 Å². The summed E-state index contributed by atoms with van der Waals surface area (Å²) in [4.78, 5) is 11.6. The van der Waals surface area contributed by atoms with E-state index in [2.05, 4.69) is 0 Å². The molecule has 2 aromatic rings. The zero-order valence-corrected chi connectivity index (χ0v) is 12.7. The first kappa shape index (κ1) is 17.0. The first-order valence-electron chi connectivity index (χ1n) is 6.37. The summed E-state index contributed by atoms with van der Waals surface area (Å²) in [6.07, 6.45) is 0.899. The van der Waals surface area contributed by atoms with E-state index in [1.165, 1.54) is 24.3 Å². The number of hydrogen-bond acceptors (Lipinski definition) is 3. The molecule has 0 aliphatic carbocycles. The smallest absolute Gasteiger partial charge is 0.319 e. The molecule has 0 spiro atoms. The summed E-state index contributed by atoms with van der Waals surface area (Å²) in [5.74, 6) is -6.37. The van der Waals surface area contributed by atoms with Gasteiger partial charge in [0.05, 0.1) is 10.6 Å². The molecule has 2 rings (SSSR count). The summed E-state index contributed by atoms with van der Waals surface area (Å²) in [5, 5.41) is 1.91. The molecule has 0 atom stereocenters. The summed E-state index contributed by atoms with van der Waals surface area (Å²) in [5.41, 5.74) is -0.949. The zero-order chi connectivity index (χ0) is 17.3. The maximum atomic E-state index is 14.1. The molecule has 1 N–H and O–H groups in total. The minimum Gasteiger partial charge on any atom is -0.319 e. The maximum Gasteiger partial charge on any atom is 0.350 e. The van der Waals surface area contributed by atoms with Crippen LogP contribution in [0.5, 0.6) is 0 Å². The largest absolute Gasteiger partial charge is 0.350 e. The third kappa shape index (κ3) is 3.70. The number of halogens is 3. The van der Waals surface area contributed by atoms with E-state index in [4.69, 9.17) is 0 Å². The van der Waals surface area contributed by atoms with Crippen molar-refractivity contribution in [2.24, 2.45) is 0 Å². The molecule has 0 aliphatic rings. The molecule has 0 aromatic heterocycles. The monoisotopic (exact) mass is 343 g/mol. The SMILES string of the molecule is CS(=O)(=O)c1ccccc1NC(=O)C(F)(F)c1ccc(F)cc1. The molecule has 0 radical (unpaired) electrons. The van der Waals surface area contributed by atoms with Crippen LogP contribution in [0.4, 0.5) is 18.9 Å². The molecule has 0 bridgehead atoms. The van der Waals surface area contributed by atoms with E-state index in [-0.39, 0.29) is 10.6 Å². The fourth-order valence-corrected chi connectivity index (χ4v) is 2.73. The number of anilines is 1. The van der Waals surface area contributed by atoms with Crippen molar-refractivity contribution in [2.45, 2.75) is 10.8 Å². The van der Waals surface area contributed by atoms with Gasteiger partial charge in [0.2, 0.25) is 0 Å². The van der Waals surface area contributed by atoms with Gasteiger partial charge < -0.3 is 5.32 Å². The molecular formula is C15H12F3NO3S. The van der Waals surface area contributed by atoms with Gasteiger partial charge in [0.1, 0.15) is 5.82 Å². The van der Waals surface area contributed by atoms with Crippen LogP contribution >= 0.6 is 0 Å². The van der Waals surface area contributed by atoms with Crippen molar-refractivity contribution in [1.29, 1.82) is 0 Å². The Morgan fingerprint density at radius 2 is 1.61 bits per heavy atom. The minimum absolute atomic E-state index is 0.248. The number of rotatable bonds is 4. The summed E-state index contributed by atoms with van der Waals surface area (Å²) in [6, 6.07) is 8.40. The fourth-order valence-electron chi connectivity index (χ4n) is 1.88. The molecule has 0 aliphatic heterocycles. The van der Waals surface area contributed by atoms with Gasteiger partial charge >= 0.3 is 5.92 Å². The first-order chi connectivity index (χ1) is 10.6. The summed E-state index contributed by atoms with van der Waals surface area (Å²) < 4.78 is 64.2. The lowest BCUT2D eigenvalue weighted by molar-refractivity contribution is -0.140. The third-order valence-corrected chi connectivity index (χ3v) is 4.18. The number of para-hydroxylation sites is 1. The van der Waals surface area contributed by atoms with Crippen LogP contribution in [0.3, 0.4) is 0 Å². The Bertz CT molecular complexity index is 833. The molecular weight excluding hydrogens is 331 g/mol. The normalized spacial score (nSPS) is 12.0. The van der Waals surface area contributed by atoms with Gasteiger partial charge in [-0.2, -0.15) is 8.78 Å². The van der Waals surface area contributed by atoms with Crippen LogP contribution in [0.1, 0.15) is 5.56 Å². The maximum absolute atomic E-state index is 14.1. The lowest BCUT2D eigenvalue weighted by Gasteiger charge is -2.17. The highest BCUT2D eigenvalue weighted by Gasteiger charge is 2.41. The number of hydrogen-bond donors (Lipinski definition) is 1. The first-order valence-corrected chi connectivity index (χ1v) is 8.26. The Kier molecular flexibility index (Phi) is 4.46. The van der Waals surface area contributed by atoms with Crippen molar-refractivity contribution < 1.29 is 26.4 Å². The van der Waals surface area contributed by atoms with Crippen LogP contribution in [0.15, 0.2) is 53.4 Å². The molecule has 2 aromatic carbocycles. The number of benzene rings is 2. The van der Waals surface area contributed by atoms with E-state index >= 15 is 0 Å². The number of carbonyl (C=O) groups is 1. The quantitative estimate of drug-likeness (QED) is 0.928. The highest BCUT2D eigenvalue weighted by molar-refractivity contribution is 7.90. The number of nitrogens with one attached hydrogen (secondary N) is 1. The number of carbonyl (C=O) groups excluding carboxylic acids is 1. The molecule has 0 fully saturated rings. The van der Waals surface area contributed by atoms with Gasteiger partial charge in [0.15, 0.2) is 9.84 Å². The standard InChI is InChI=1S/C15H12F3NO3S/c1-23(21,22)13-5-3-2-4-12(13)19-14(20)15(17,18)10-6-8-11(16)9-7-10/h2-9H,1H3,(H,19,20). The van der Waals surface area contributed by atoms with E-state index in [0.717, 1.165) is 30.5 Å². The summed E-state index contributed by atoms with van der Waals surface area (Å²) in [7, 11) is -3.70. The Morgan fingerprint density at radius 3 is 2.17 bits per heavy atom. The summed E-state index contributed by atoms with van der Waals surface area (Å²) in [6.45, 7) is 0. The van der Waals surface area contributed by atoms with Crippen molar-refractivity contribution in [1.82, 2.24) is 0 Å². The predicted octanol–water partition coefficient (Wildman–Crippen LogP) is 2.96. The predicted molar refractivity (Wildman–Crippen MR) is 78.5 cm³/mol. The molecule has 4 nitrogen and oxygen atoms in total. The minimum atomic E-state index is -3.95. The van der Waals surface area contributed by atoms with Gasteiger partial charge in [0, 0.05) is 11.8 Å². The van der Waals surface area contributed by atoms with Crippen molar-refractivity contribution in [2.75, 3.05) is 11.6 Å². The molecule has 0 unspecified atom stereocenters. The second kappa shape index (κ2) is 6.04. The molecule has 8 heteroatoms. The lowest BCUT2D eigenvalue weighted by Crippen LogP contribution is -2.32. The van der Waals surface area contributed by atoms with Crippen LogP contribution in [0, 0.1) is 5.82 Å². The molecule has 23 heavy (non-hydrogen) atoms. The van der Waals surface area contributed by atoms with Crippen molar-refractivity contribution in [3.63, 3.8) is 0 Å². The van der Waals surface area contributed by atoms with Crippen molar-refractivity contribution >= 4 is 21.4 Å². The average molecular weight is 343 g/mol. The second-order valence-electron chi connectivity index (χ2n) is 4.80. The second-order valence-corrected chi connectivity index (χ2v) is 6.79. The van der Waals surface area contributed by atoms with Gasteiger partial charge in [-0.3, -0.25) is 4.79 Å². The lowest BCUT2D eigenvalue weighted by atomic mass is 10.1. The molecule has 0 heterocycles. The number of amides is 1. The fraction of sp³-hybridized carbons (Fsp3) is 0.133. The molecule has 0 saturated heterocycles. The van der Waals surface area contributed by atoms with Gasteiger partial charge in [-0.15, -0.1) is 0 Å². The Labute approximate surface area is 130 Å². The number of alkyl halides is 2. The highest BCUT2D eigenvalue weighted by Crippen LogP contribution is 2.31. The molecule has 0 saturated carbocycles. The van der Waals surface area contributed by atoms with Crippen molar-refractivity contribution in [3.05, 3.63) is 59.9 Å². The Balaban J connectivity index is 2.34. The number of sulfone groups is 1. The van der Waals surface area contributed by atoms with E-state index in [1.54, 1.807) is 0 Å². The van der Waals surface area contributed by atoms with Crippen LogP contribution in [-0.4, -0.2) is 20.6 Å². The molecule has 1 amide bonds. The van der Waals surface area contributed by atoms with Crippen LogP contribution < -0.4 is 5.32 Å². The molecule has 122 valence electrons. The third-order valence-electron chi connectivity index (χ3n) is 3.03. The van der Waals surface area contributed by atoms with Gasteiger partial charge in [-0.05, 0) is 36.4 Å². The van der Waals surface area contributed by atoms with E-state index in [1.807, 2.05) is 5.32 Å². The van der Waals surface area contributed by atoms with E-state index < -0.39 is 33.0 Å². The van der Waals surface area contributed by atoms with Gasteiger partial charge in [-0.25, -0.2) is 12.8 Å². The Hall–Kier alpha value is -2.35. The van der Waals surface area contributed by atoms with Crippen LogP contribution in [-0.2, 0) is 20.6 Å². The van der Waals surface area contributed by atoms with Crippen LogP contribution in [0.25, 0.3) is 0 Å². The van der Waals surface area contributed by atoms with Crippen LogP contribution in [0.2, 0.25) is 0 Å².